The highest BCUT2D eigenvalue weighted by Crippen LogP contribution is 2.15. The van der Waals surface area contributed by atoms with Gasteiger partial charge in [0.25, 0.3) is 0 Å². The average Bonchev–Trinajstić information content (AvgIpc) is 2.88. The molecule has 2 aromatic heterocycles. The van der Waals surface area contributed by atoms with Crippen LogP contribution in [-0.4, -0.2) is 10.2 Å². The zero-order chi connectivity index (χ0) is 11.4. The van der Waals surface area contributed by atoms with Crippen molar-refractivity contribution in [1.29, 1.82) is 5.26 Å². The Kier molecular flexibility index (Phi) is 3.62. The van der Waals surface area contributed by atoms with Gasteiger partial charge in [-0.2, -0.15) is 5.26 Å². The summed E-state index contributed by atoms with van der Waals surface area (Å²) in [5.74, 6) is 0. The third kappa shape index (κ3) is 2.85. The van der Waals surface area contributed by atoms with Crippen molar-refractivity contribution in [2.75, 3.05) is 0 Å². The van der Waals surface area contributed by atoms with Crippen molar-refractivity contribution in [1.82, 2.24) is 15.5 Å². The third-order valence-electron chi connectivity index (χ3n) is 1.92. The van der Waals surface area contributed by atoms with Gasteiger partial charge in [-0.15, -0.1) is 32.9 Å². The molecule has 0 atom stereocenters. The van der Waals surface area contributed by atoms with Crippen LogP contribution in [0, 0.1) is 18.3 Å². The van der Waals surface area contributed by atoms with Crippen LogP contribution in [0.2, 0.25) is 0 Å². The molecule has 0 saturated carbocycles. The maximum absolute atomic E-state index is 8.68. The number of aryl methyl sites for hydroxylation is 1. The maximum atomic E-state index is 8.68. The summed E-state index contributed by atoms with van der Waals surface area (Å²) in [7, 11) is 0. The second kappa shape index (κ2) is 5.16. The van der Waals surface area contributed by atoms with Crippen LogP contribution < -0.4 is 5.32 Å². The molecular weight excluding hydrogens is 240 g/mol. The van der Waals surface area contributed by atoms with Gasteiger partial charge in [0, 0.05) is 11.4 Å². The fourth-order valence-electron chi connectivity index (χ4n) is 1.23. The Bertz CT molecular complexity index is 509. The molecule has 0 bridgehead atoms. The van der Waals surface area contributed by atoms with E-state index < -0.39 is 0 Å². The van der Waals surface area contributed by atoms with Crippen molar-refractivity contribution in [3.63, 3.8) is 0 Å². The first kappa shape index (κ1) is 11.2. The fraction of sp³-hybridized carbons (Fsp3) is 0.300. The van der Waals surface area contributed by atoms with Crippen LogP contribution in [-0.2, 0) is 13.1 Å². The minimum Gasteiger partial charge on any atom is -0.305 e. The van der Waals surface area contributed by atoms with E-state index in [2.05, 4.69) is 21.6 Å². The van der Waals surface area contributed by atoms with E-state index in [9.17, 15) is 0 Å². The lowest BCUT2D eigenvalue weighted by molar-refractivity contribution is 0.690. The molecular formula is C10H10N4S2. The molecule has 2 heterocycles. The van der Waals surface area contributed by atoms with Gasteiger partial charge in [-0.25, -0.2) is 0 Å². The molecule has 2 rings (SSSR count). The summed E-state index contributed by atoms with van der Waals surface area (Å²) in [6.45, 7) is 3.44. The summed E-state index contributed by atoms with van der Waals surface area (Å²) in [6, 6.07) is 5.95. The van der Waals surface area contributed by atoms with Crippen molar-refractivity contribution in [2.45, 2.75) is 20.0 Å². The zero-order valence-electron chi connectivity index (χ0n) is 8.73. The lowest BCUT2D eigenvalue weighted by Crippen LogP contribution is -2.11. The number of nitrogens with zero attached hydrogens (tertiary/aromatic N) is 3. The van der Waals surface area contributed by atoms with E-state index in [4.69, 9.17) is 5.26 Å². The summed E-state index contributed by atoms with van der Waals surface area (Å²) in [5, 5.41) is 21.9. The number of thiophene rings is 1. The number of hydrogen-bond acceptors (Lipinski definition) is 6. The highest BCUT2D eigenvalue weighted by molar-refractivity contribution is 7.12. The summed E-state index contributed by atoms with van der Waals surface area (Å²) in [6.07, 6.45) is 0. The quantitative estimate of drug-likeness (QED) is 0.902. The van der Waals surface area contributed by atoms with Crippen molar-refractivity contribution < 1.29 is 0 Å². The second-order valence-electron chi connectivity index (χ2n) is 3.20. The van der Waals surface area contributed by atoms with E-state index in [1.807, 2.05) is 19.1 Å². The van der Waals surface area contributed by atoms with E-state index in [-0.39, 0.29) is 0 Å². The number of nitriles is 1. The monoisotopic (exact) mass is 250 g/mol. The molecule has 0 spiro atoms. The molecule has 16 heavy (non-hydrogen) atoms. The van der Waals surface area contributed by atoms with E-state index >= 15 is 0 Å². The third-order valence-corrected chi connectivity index (χ3v) is 3.74. The van der Waals surface area contributed by atoms with Crippen LogP contribution in [0.1, 0.15) is 19.8 Å². The van der Waals surface area contributed by atoms with Crippen molar-refractivity contribution >= 4 is 22.7 Å². The molecule has 0 aliphatic heterocycles. The predicted octanol–water partition coefficient (Wildman–Crippen LogP) is 2.07. The summed E-state index contributed by atoms with van der Waals surface area (Å²) < 4.78 is 0. The van der Waals surface area contributed by atoms with Gasteiger partial charge in [0.05, 0.1) is 6.54 Å². The molecule has 4 nitrogen and oxygen atoms in total. The first-order chi connectivity index (χ1) is 7.78. The molecule has 82 valence electrons. The SMILES string of the molecule is Cc1nnc(CNCc2ccc(C#N)s2)s1. The maximum Gasteiger partial charge on any atom is 0.131 e. The molecule has 1 N–H and O–H groups in total. The average molecular weight is 250 g/mol. The summed E-state index contributed by atoms with van der Waals surface area (Å²) >= 11 is 3.12. The Balaban J connectivity index is 1.82. The fourth-order valence-corrected chi connectivity index (χ4v) is 2.69. The molecule has 0 unspecified atom stereocenters. The Morgan fingerprint density at radius 1 is 1.31 bits per heavy atom. The minimum absolute atomic E-state index is 0.727. The molecule has 0 saturated heterocycles. The molecule has 0 aliphatic rings. The summed E-state index contributed by atoms with van der Waals surface area (Å²) in [5.41, 5.74) is 0. The molecule has 6 heteroatoms. The van der Waals surface area contributed by atoms with Gasteiger partial charge < -0.3 is 5.32 Å². The van der Waals surface area contributed by atoms with Gasteiger partial charge in [0.2, 0.25) is 0 Å². The largest absolute Gasteiger partial charge is 0.305 e. The smallest absolute Gasteiger partial charge is 0.131 e. The van der Waals surface area contributed by atoms with Gasteiger partial charge in [0.15, 0.2) is 0 Å². The molecule has 0 amide bonds. The molecule has 0 aliphatic carbocycles. The van der Waals surface area contributed by atoms with E-state index in [1.165, 1.54) is 11.3 Å². The highest BCUT2D eigenvalue weighted by Gasteiger charge is 2.01. The van der Waals surface area contributed by atoms with Gasteiger partial charge in [-0.05, 0) is 19.1 Å². The van der Waals surface area contributed by atoms with E-state index in [1.54, 1.807) is 11.3 Å². The van der Waals surface area contributed by atoms with Crippen molar-refractivity contribution in [3.05, 3.63) is 31.9 Å². The number of aromatic nitrogens is 2. The van der Waals surface area contributed by atoms with Gasteiger partial charge >= 0.3 is 0 Å². The molecule has 0 radical (unpaired) electrons. The van der Waals surface area contributed by atoms with Crippen LogP contribution in [0.3, 0.4) is 0 Å². The Hall–Kier alpha value is -1.29. The predicted molar refractivity (Wildman–Crippen MR) is 64.2 cm³/mol. The number of hydrogen-bond donors (Lipinski definition) is 1. The summed E-state index contributed by atoms with van der Waals surface area (Å²) in [4.78, 5) is 1.92. The number of nitrogens with one attached hydrogen (secondary N) is 1. The molecule has 0 aromatic carbocycles. The Morgan fingerprint density at radius 3 is 2.81 bits per heavy atom. The van der Waals surface area contributed by atoms with Crippen LogP contribution in [0.4, 0.5) is 0 Å². The zero-order valence-corrected chi connectivity index (χ0v) is 10.4. The van der Waals surface area contributed by atoms with Crippen LogP contribution >= 0.6 is 22.7 Å². The van der Waals surface area contributed by atoms with Crippen LogP contribution in [0.15, 0.2) is 12.1 Å². The van der Waals surface area contributed by atoms with Crippen molar-refractivity contribution in [2.24, 2.45) is 0 Å². The number of rotatable bonds is 4. The Morgan fingerprint density at radius 2 is 2.19 bits per heavy atom. The van der Waals surface area contributed by atoms with Gasteiger partial charge in [-0.3, -0.25) is 0 Å². The normalized spacial score (nSPS) is 10.2. The highest BCUT2D eigenvalue weighted by atomic mass is 32.1. The lowest BCUT2D eigenvalue weighted by atomic mass is 10.4. The first-order valence-electron chi connectivity index (χ1n) is 4.76. The second-order valence-corrected chi connectivity index (χ2v) is 5.63. The van der Waals surface area contributed by atoms with Gasteiger partial charge in [0.1, 0.15) is 21.0 Å². The molecule has 2 aromatic rings. The topological polar surface area (TPSA) is 61.6 Å². The first-order valence-corrected chi connectivity index (χ1v) is 6.40. The van der Waals surface area contributed by atoms with E-state index in [0.717, 1.165) is 32.9 Å². The van der Waals surface area contributed by atoms with Gasteiger partial charge in [-0.1, -0.05) is 0 Å². The van der Waals surface area contributed by atoms with Crippen LogP contribution in [0.25, 0.3) is 0 Å². The minimum atomic E-state index is 0.727. The van der Waals surface area contributed by atoms with E-state index in [0.29, 0.717) is 0 Å². The van der Waals surface area contributed by atoms with Crippen molar-refractivity contribution in [3.8, 4) is 6.07 Å². The van der Waals surface area contributed by atoms with Crippen LogP contribution in [0.5, 0.6) is 0 Å². The molecule has 0 fully saturated rings. The Labute approximate surface area is 102 Å². The standard InChI is InChI=1S/C10H10N4S2/c1-7-13-14-10(15-7)6-12-5-9-3-2-8(4-11)16-9/h2-3,12H,5-6H2,1H3. The lowest BCUT2D eigenvalue weighted by Gasteiger charge is -1.98.